The number of hydrogen-bond acceptors (Lipinski definition) is 2. The molecule has 106 valence electrons. The molecule has 0 saturated carbocycles. The van der Waals surface area contributed by atoms with Crippen molar-refractivity contribution < 1.29 is 4.79 Å². The molecular weight excluding hydrogens is 224 g/mol. The highest BCUT2D eigenvalue weighted by Crippen LogP contribution is 2.20. The number of unbranched alkanes of at least 4 members (excludes halogenated alkanes) is 1. The van der Waals surface area contributed by atoms with Gasteiger partial charge in [-0.3, -0.25) is 4.79 Å². The van der Waals surface area contributed by atoms with Crippen LogP contribution in [-0.4, -0.2) is 36.0 Å². The molecule has 1 fully saturated rings. The van der Waals surface area contributed by atoms with Gasteiger partial charge in [0.2, 0.25) is 5.91 Å². The van der Waals surface area contributed by atoms with E-state index >= 15 is 0 Å². The standard InChI is InChI=1S/C15H30N2O/c1-5-7-8-14(6-2)11-15(18)17-10-9-16-12(3)13(17)4/h12-14,16H,5-11H2,1-4H3. The summed E-state index contributed by atoms with van der Waals surface area (Å²) in [5.74, 6) is 0.939. The van der Waals surface area contributed by atoms with Crippen LogP contribution in [0.3, 0.4) is 0 Å². The maximum Gasteiger partial charge on any atom is 0.223 e. The molecule has 3 heteroatoms. The third-order valence-electron chi connectivity index (χ3n) is 4.36. The molecule has 1 amide bonds. The van der Waals surface area contributed by atoms with E-state index in [1.807, 2.05) is 0 Å². The van der Waals surface area contributed by atoms with Gasteiger partial charge in [0.15, 0.2) is 0 Å². The number of piperazine rings is 1. The molecule has 1 saturated heterocycles. The Hall–Kier alpha value is -0.570. The van der Waals surface area contributed by atoms with Gasteiger partial charge in [-0.2, -0.15) is 0 Å². The summed E-state index contributed by atoms with van der Waals surface area (Å²) in [7, 11) is 0. The Morgan fingerprint density at radius 2 is 2.11 bits per heavy atom. The predicted octanol–water partition coefficient (Wildman–Crippen LogP) is 2.80. The van der Waals surface area contributed by atoms with Crippen molar-refractivity contribution >= 4 is 5.91 Å². The van der Waals surface area contributed by atoms with E-state index in [1.54, 1.807) is 0 Å². The van der Waals surface area contributed by atoms with Gasteiger partial charge < -0.3 is 10.2 Å². The Morgan fingerprint density at radius 3 is 2.72 bits per heavy atom. The smallest absolute Gasteiger partial charge is 0.223 e. The van der Waals surface area contributed by atoms with E-state index < -0.39 is 0 Å². The topological polar surface area (TPSA) is 32.3 Å². The van der Waals surface area contributed by atoms with Crippen LogP contribution in [0.15, 0.2) is 0 Å². The summed E-state index contributed by atoms with van der Waals surface area (Å²) in [4.78, 5) is 14.5. The summed E-state index contributed by atoms with van der Waals surface area (Å²) in [5, 5.41) is 3.42. The Bertz CT molecular complexity index is 255. The Morgan fingerprint density at radius 1 is 1.39 bits per heavy atom. The summed E-state index contributed by atoms with van der Waals surface area (Å²) >= 11 is 0. The Balaban J connectivity index is 2.47. The van der Waals surface area contributed by atoms with Crippen LogP contribution < -0.4 is 5.32 Å². The largest absolute Gasteiger partial charge is 0.337 e. The molecular formula is C15H30N2O. The minimum atomic E-state index is 0.329. The maximum absolute atomic E-state index is 12.4. The molecule has 0 aromatic heterocycles. The molecule has 1 aliphatic rings. The molecule has 1 N–H and O–H groups in total. The van der Waals surface area contributed by atoms with Gasteiger partial charge in [-0.1, -0.05) is 33.1 Å². The molecule has 3 atom stereocenters. The number of nitrogens with zero attached hydrogens (tertiary/aromatic N) is 1. The van der Waals surface area contributed by atoms with Crippen molar-refractivity contribution in [3.05, 3.63) is 0 Å². The van der Waals surface area contributed by atoms with Crippen LogP contribution in [0.2, 0.25) is 0 Å². The highest BCUT2D eigenvalue weighted by molar-refractivity contribution is 5.77. The van der Waals surface area contributed by atoms with Gasteiger partial charge in [0.25, 0.3) is 0 Å². The molecule has 1 aliphatic heterocycles. The first-order valence-corrected chi connectivity index (χ1v) is 7.62. The minimum Gasteiger partial charge on any atom is -0.337 e. The fourth-order valence-corrected chi connectivity index (χ4v) is 2.72. The second kappa shape index (κ2) is 7.78. The molecule has 0 aromatic rings. The molecule has 18 heavy (non-hydrogen) atoms. The molecule has 0 aliphatic carbocycles. The Kier molecular flexibility index (Phi) is 6.69. The normalized spacial score (nSPS) is 26.1. The van der Waals surface area contributed by atoms with Gasteiger partial charge >= 0.3 is 0 Å². The van der Waals surface area contributed by atoms with Crippen LogP contribution in [0.5, 0.6) is 0 Å². The molecule has 3 unspecified atom stereocenters. The number of amides is 1. The van der Waals surface area contributed by atoms with E-state index in [0.717, 1.165) is 25.9 Å². The van der Waals surface area contributed by atoms with Crippen molar-refractivity contribution in [2.24, 2.45) is 5.92 Å². The van der Waals surface area contributed by atoms with Crippen LogP contribution >= 0.6 is 0 Å². The van der Waals surface area contributed by atoms with Crippen molar-refractivity contribution in [3.8, 4) is 0 Å². The SMILES string of the molecule is CCCCC(CC)CC(=O)N1CCNC(C)C1C. The van der Waals surface area contributed by atoms with Gasteiger partial charge in [-0.15, -0.1) is 0 Å². The van der Waals surface area contributed by atoms with Crippen LogP contribution in [0, 0.1) is 5.92 Å². The quantitative estimate of drug-likeness (QED) is 0.790. The van der Waals surface area contributed by atoms with Crippen molar-refractivity contribution in [2.75, 3.05) is 13.1 Å². The first-order chi connectivity index (χ1) is 8.60. The van der Waals surface area contributed by atoms with Gasteiger partial charge in [-0.05, 0) is 26.2 Å². The average molecular weight is 254 g/mol. The third-order valence-corrected chi connectivity index (χ3v) is 4.36. The lowest BCUT2D eigenvalue weighted by atomic mass is 9.94. The van der Waals surface area contributed by atoms with Gasteiger partial charge in [0.1, 0.15) is 0 Å². The molecule has 1 rings (SSSR count). The molecule has 3 nitrogen and oxygen atoms in total. The summed E-state index contributed by atoms with van der Waals surface area (Å²) in [6.07, 6.45) is 5.55. The van der Waals surface area contributed by atoms with Gasteiger partial charge in [-0.25, -0.2) is 0 Å². The van der Waals surface area contributed by atoms with Crippen molar-refractivity contribution in [1.82, 2.24) is 10.2 Å². The fourth-order valence-electron chi connectivity index (χ4n) is 2.72. The van der Waals surface area contributed by atoms with Crippen molar-refractivity contribution in [3.63, 3.8) is 0 Å². The zero-order valence-corrected chi connectivity index (χ0v) is 12.5. The lowest BCUT2D eigenvalue weighted by Crippen LogP contribution is -2.57. The number of hydrogen-bond donors (Lipinski definition) is 1. The summed E-state index contributed by atoms with van der Waals surface area (Å²) in [5.41, 5.74) is 0. The lowest BCUT2D eigenvalue weighted by molar-refractivity contribution is -0.136. The van der Waals surface area contributed by atoms with E-state index in [4.69, 9.17) is 0 Å². The lowest BCUT2D eigenvalue weighted by Gasteiger charge is -2.39. The Labute approximate surface area is 112 Å². The zero-order valence-electron chi connectivity index (χ0n) is 12.5. The zero-order chi connectivity index (χ0) is 13.5. The van der Waals surface area contributed by atoms with Crippen molar-refractivity contribution in [2.45, 2.75) is 71.9 Å². The van der Waals surface area contributed by atoms with Crippen LogP contribution in [0.25, 0.3) is 0 Å². The van der Waals surface area contributed by atoms with Gasteiger partial charge in [0, 0.05) is 31.6 Å². The summed E-state index contributed by atoms with van der Waals surface area (Å²) < 4.78 is 0. The number of carbonyl (C=O) groups is 1. The third kappa shape index (κ3) is 4.27. The second-order valence-electron chi connectivity index (χ2n) is 5.69. The summed E-state index contributed by atoms with van der Waals surface area (Å²) in [6.45, 7) is 10.5. The van der Waals surface area contributed by atoms with Crippen LogP contribution in [0.1, 0.15) is 59.8 Å². The first kappa shape index (κ1) is 15.5. The van der Waals surface area contributed by atoms with E-state index in [2.05, 4.69) is 37.9 Å². The molecule has 0 aromatic carbocycles. The number of rotatable bonds is 6. The summed E-state index contributed by atoms with van der Waals surface area (Å²) in [6, 6.07) is 0.744. The van der Waals surface area contributed by atoms with E-state index in [-0.39, 0.29) is 0 Å². The van der Waals surface area contributed by atoms with Crippen LogP contribution in [0.4, 0.5) is 0 Å². The number of carbonyl (C=O) groups excluding carboxylic acids is 1. The molecule has 1 heterocycles. The first-order valence-electron chi connectivity index (χ1n) is 7.62. The maximum atomic E-state index is 12.4. The highest BCUT2D eigenvalue weighted by atomic mass is 16.2. The fraction of sp³-hybridized carbons (Fsp3) is 0.933. The number of nitrogens with one attached hydrogen (secondary N) is 1. The van der Waals surface area contributed by atoms with E-state index in [1.165, 1.54) is 19.3 Å². The van der Waals surface area contributed by atoms with Gasteiger partial charge in [0.05, 0.1) is 0 Å². The molecule has 0 radical (unpaired) electrons. The monoisotopic (exact) mass is 254 g/mol. The average Bonchev–Trinajstić information content (AvgIpc) is 2.37. The van der Waals surface area contributed by atoms with Crippen LogP contribution in [-0.2, 0) is 4.79 Å². The molecule has 0 bridgehead atoms. The highest BCUT2D eigenvalue weighted by Gasteiger charge is 2.28. The minimum absolute atomic E-state index is 0.329. The molecule has 0 spiro atoms. The second-order valence-corrected chi connectivity index (χ2v) is 5.69. The van der Waals surface area contributed by atoms with E-state index in [9.17, 15) is 4.79 Å². The van der Waals surface area contributed by atoms with E-state index in [0.29, 0.717) is 23.9 Å². The predicted molar refractivity (Wildman–Crippen MR) is 76.6 cm³/mol. The van der Waals surface area contributed by atoms with Crippen molar-refractivity contribution in [1.29, 1.82) is 0 Å².